The molecule has 5 heteroatoms. The Hall–Kier alpha value is -2.66. The summed E-state index contributed by atoms with van der Waals surface area (Å²) in [5.74, 6) is -0.113. The number of hydrogen-bond donors (Lipinski definition) is 1. The fourth-order valence-corrected chi connectivity index (χ4v) is 3.22. The summed E-state index contributed by atoms with van der Waals surface area (Å²) >= 11 is 1.51. The molecule has 25 heavy (non-hydrogen) atoms. The molecule has 0 saturated carbocycles. The predicted molar refractivity (Wildman–Crippen MR) is 101 cm³/mol. The first-order valence-corrected chi connectivity index (χ1v) is 8.79. The molecule has 0 unspecified atom stereocenters. The van der Waals surface area contributed by atoms with Crippen LogP contribution < -0.4 is 5.32 Å². The molecule has 1 N–H and O–H groups in total. The van der Waals surface area contributed by atoms with Gasteiger partial charge in [0.15, 0.2) is 5.16 Å². The highest BCUT2D eigenvalue weighted by atomic mass is 32.2. The van der Waals surface area contributed by atoms with Crippen LogP contribution in [0.4, 0.5) is 5.69 Å². The lowest BCUT2D eigenvalue weighted by Gasteiger charge is -2.07. The number of hydrogen-bond acceptors (Lipinski definition) is 4. The molecule has 2 aromatic carbocycles. The van der Waals surface area contributed by atoms with Gasteiger partial charge in [0, 0.05) is 27.5 Å². The fraction of sp³-hybridized carbons (Fsp3) is 0.150. The molecule has 0 fully saturated rings. The van der Waals surface area contributed by atoms with Gasteiger partial charge in [-0.15, -0.1) is 0 Å². The van der Waals surface area contributed by atoms with E-state index in [1.54, 1.807) is 0 Å². The van der Waals surface area contributed by atoms with Crippen molar-refractivity contribution in [2.24, 2.45) is 0 Å². The molecule has 1 aromatic heterocycles. The minimum atomic E-state index is -0.113. The number of benzene rings is 2. The van der Waals surface area contributed by atoms with Crippen LogP contribution in [0.5, 0.6) is 0 Å². The lowest BCUT2D eigenvalue weighted by Crippen LogP contribution is -2.11. The maximum absolute atomic E-state index is 12.2. The van der Waals surface area contributed by atoms with E-state index in [1.807, 2.05) is 75.4 Å². The van der Waals surface area contributed by atoms with E-state index in [0.29, 0.717) is 5.56 Å². The van der Waals surface area contributed by atoms with Crippen LogP contribution in [0, 0.1) is 20.8 Å². The van der Waals surface area contributed by atoms with E-state index >= 15 is 0 Å². The van der Waals surface area contributed by atoms with Gasteiger partial charge in [0.2, 0.25) is 0 Å². The summed E-state index contributed by atoms with van der Waals surface area (Å²) in [5.41, 5.74) is 4.45. The highest BCUT2D eigenvalue weighted by molar-refractivity contribution is 7.99. The first kappa shape index (κ1) is 17.2. The highest BCUT2D eigenvalue weighted by Gasteiger charge is 2.07. The molecule has 0 aliphatic carbocycles. The normalized spacial score (nSPS) is 10.5. The van der Waals surface area contributed by atoms with Crippen molar-refractivity contribution in [3.8, 4) is 0 Å². The number of anilines is 1. The quantitative estimate of drug-likeness (QED) is 0.687. The topological polar surface area (TPSA) is 54.9 Å². The molecule has 0 aliphatic heterocycles. The summed E-state index contributed by atoms with van der Waals surface area (Å²) in [6.07, 6.45) is 0. The smallest absolute Gasteiger partial charge is 0.255 e. The average molecular weight is 349 g/mol. The fourth-order valence-electron chi connectivity index (χ4n) is 2.36. The van der Waals surface area contributed by atoms with Gasteiger partial charge < -0.3 is 5.32 Å². The molecule has 0 aliphatic rings. The summed E-state index contributed by atoms with van der Waals surface area (Å²) in [5, 5.41) is 3.64. The second-order valence-corrected chi connectivity index (χ2v) is 6.92. The molecule has 0 spiro atoms. The van der Waals surface area contributed by atoms with Crippen molar-refractivity contribution in [2.45, 2.75) is 30.8 Å². The summed E-state index contributed by atoms with van der Waals surface area (Å²) in [6, 6.07) is 17.1. The van der Waals surface area contributed by atoms with E-state index in [4.69, 9.17) is 0 Å². The van der Waals surface area contributed by atoms with Crippen LogP contribution in [0.25, 0.3) is 0 Å². The highest BCUT2D eigenvalue weighted by Crippen LogP contribution is 2.26. The van der Waals surface area contributed by atoms with Gasteiger partial charge in [-0.2, -0.15) is 0 Å². The number of nitrogens with one attached hydrogen (secondary N) is 1. The van der Waals surface area contributed by atoms with Gasteiger partial charge in [0.25, 0.3) is 5.91 Å². The second kappa shape index (κ2) is 7.49. The molecule has 3 rings (SSSR count). The summed E-state index contributed by atoms with van der Waals surface area (Å²) in [6.45, 7) is 5.92. The number of aromatic nitrogens is 2. The lowest BCUT2D eigenvalue weighted by molar-refractivity contribution is 0.102. The first-order valence-electron chi connectivity index (χ1n) is 7.98. The molecular formula is C20H19N3OS. The minimum absolute atomic E-state index is 0.113. The zero-order valence-electron chi connectivity index (χ0n) is 14.4. The third-order valence-corrected chi connectivity index (χ3v) is 4.47. The van der Waals surface area contributed by atoms with Crippen LogP contribution in [-0.4, -0.2) is 15.9 Å². The first-order chi connectivity index (χ1) is 12.0. The Morgan fingerprint density at radius 1 is 0.880 bits per heavy atom. The Labute approximate surface area is 151 Å². The van der Waals surface area contributed by atoms with Crippen molar-refractivity contribution in [3.05, 3.63) is 77.1 Å². The third kappa shape index (κ3) is 4.67. The minimum Gasteiger partial charge on any atom is -0.322 e. The molecule has 3 aromatic rings. The number of aryl methyl sites for hydroxylation is 3. The predicted octanol–water partition coefficient (Wildman–Crippen LogP) is 4.81. The molecule has 0 bridgehead atoms. The van der Waals surface area contributed by atoms with Gasteiger partial charge in [-0.25, -0.2) is 9.97 Å². The van der Waals surface area contributed by atoms with E-state index in [9.17, 15) is 4.79 Å². The summed E-state index contributed by atoms with van der Waals surface area (Å²) in [4.78, 5) is 22.1. The monoisotopic (exact) mass is 349 g/mol. The standard InChI is InChI=1S/C20H19N3OS/c1-13-4-6-16(7-5-13)19(24)23-17-8-10-18(11-9-17)25-20-21-14(2)12-15(3)22-20/h4-12H,1-3H3,(H,23,24). The molecule has 0 radical (unpaired) electrons. The Balaban J connectivity index is 1.67. The van der Waals surface area contributed by atoms with Gasteiger partial charge in [-0.3, -0.25) is 4.79 Å². The average Bonchev–Trinajstić information content (AvgIpc) is 2.56. The number of carbonyl (C=O) groups excluding carboxylic acids is 1. The zero-order chi connectivity index (χ0) is 17.8. The van der Waals surface area contributed by atoms with Gasteiger partial charge in [0.05, 0.1) is 0 Å². The van der Waals surface area contributed by atoms with E-state index in [2.05, 4.69) is 15.3 Å². The maximum Gasteiger partial charge on any atom is 0.255 e. The van der Waals surface area contributed by atoms with E-state index < -0.39 is 0 Å². The van der Waals surface area contributed by atoms with Crippen molar-refractivity contribution in [1.82, 2.24) is 9.97 Å². The van der Waals surface area contributed by atoms with Crippen molar-refractivity contribution in [2.75, 3.05) is 5.32 Å². The van der Waals surface area contributed by atoms with Crippen molar-refractivity contribution in [3.63, 3.8) is 0 Å². The SMILES string of the molecule is Cc1ccc(C(=O)Nc2ccc(Sc3nc(C)cc(C)n3)cc2)cc1. The van der Waals surface area contributed by atoms with Crippen LogP contribution in [0.2, 0.25) is 0 Å². The molecular weight excluding hydrogens is 330 g/mol. The molecule has 126 valence electrons. The van der Waals surface area contributed by atoms with Crippen LogP contribution in [0.15, 0.2) is 64.6 Å². The summed E-state index contributed by atoms with van der Waals surface area (Å²) < 4.78 is 0. The molecule has 0 saturated heterocycles. The number of carbonyl (C=O) groups is 1. The van der Waals surface area contributed by atoms with E-state index in [-0.39, 0.29) is 5.91 Å². The van der Waals surface area contributed by atoms with Gasteiger partial charge in [-0.05, 0) is 75.0 Å². The molecule has 0 atom stereocenters. The van der Waals surface area contributed by atoms with Crippen LogP contribution in [-0.2, 0) is 0 Å². The number of nitrogens with zero attached hydrogens (tertiary/aromatic N) is 2. The zero-order valence-corrected chi connectivity index (χ0v) is 15.2. The molecule has 4 nitrogen and oxygen atoms in total. The van der Waals surface area contributed by atoms with Gasteiger partial charge in [0.1, 0.15) is 0 Å². The Morgan fingerprint density at radius 2 is 1.48 bits per heavy atom. The van der Waals surface area contributed by atoms with Crippen LogP contribution >= 0.6 is 11.8 Å². The largest absolute Gasteiger partial charge is 0.322 e. The second-order valence-electron chi connectivity index (χ2n) is 5.88. The van der Waals surface area contributed by atoms with E-state index in [1.165, 1.54) is 11.8 Å². The third-order valence-electron chi connectivity index (χ3n) is 3.60. The van der Waals surface area contributed by atoms with Gasteiger partial charge >= 0.3 is 0 Å². The lowest BCUT2D eigenvalue weighted by atomic mass is 10.1. The van der Waals surface area contributed by atoms with Crippen LogP contribution in [0.3, 0.4) is 0 Å². The molecule has 1 heterocycles. The van der Waals surface area contributed by atoms with E-state index in [0.717, 1.165) is 32.7 Å². The van der Waals surface area contributed by atoms with Crippen molar-refractivity contribution < 1.29 is 4.79 Å². The molecule has 1 amide bonds. The maximum atomic E-state index is 12.2. The Morgan fingerprint density at radius 3 is 2.08 bits per heavy atom. The number of rotatable bonds is 4. The van der Waals surface area contributed by atoms with Crippen LogP contribution in [0.1, 0.15) is 27.3 Å². The Kier molecular flexibility index (Phi) is 5.14. The van der Waals surface area contributed by atoms with Crippen molar-refractivity contribution >= 4 is 23.4 Å². The van der Waals surface area contributed by atoms with Crippen molar-refractivity contribution in [1.29, 1.82) is 0 Å². The summed E-state index contributed by atoms with van der Waals surface area (Å²) in [7, 11) is 0. The Bertz CT molecular complexity index is 870. The van der Waals surface area contributed by atoms with Gasteiger partial charge in [-0.1, -0.05) is 17.7 Å². The number of amides is 1.